The molecule has 1 saturated heterocycles. The van der Waals surface area contributed by atoms with E-state index in [1.54, 1.807) is 6.07 Å². The molecule has 92 valence electrons. The van der Waals surface area contributed by atoms with Crippen LogP contribution in [-0.2, 0) is 19.0 Å². The summed E-state index contributed by atoms with van der Waals surface area (Å²) in [7, 11) is 1.32. The molecule has 1 aliphatic heterocycles. The quantitative estimate of drug-likeness (QED) is 0.759. The van der Waals surface area contributed by atoms with Gasteiger partial charge in [-0.3, -0.25) is 0 Å². The molecule has 1 aromatic carbocycles. The number of benzene rings is 1. The number of esters is 1. The van der Waals surface area contributed by atoms with Crippen molar-refractivity contribution in [1.29, 1.82) is 0 Å². The summed E-state index contributed by atoms with van der Waals surface area (Å²) >= 11 is 6.08. The smallest absolute Gasteiger partial charge is 0.338 e. The van der Waals surface area contributed by atoms with Crippen molar-refractivity contribution in [2.75, 3.05) is 20.3 Å². The van der Waals surface area contributed by atoms with Crippen molar-refractivity contribution in [2.24, 2.45) is 0 Å². The predicted octanol–water partition coefficient (Wildman–Crippen LogP) is 1.97. The molecule has 5 heteroatoms. The van der Waals surface area contributed by atoms with Gasteiger partial charge in [-0.1, -0.05) is 29.8 Å². The van der Waals surface area contributed by atoms with Gasteiger partial charge in [0.05, 0.1) is 20.3 Å². The Labute approximate surface area is 104 Å². The first-order valence-corrected chi connectivity index (χ1v) is 5.67. The summed E-state index contributed by atoms with van der Waals surface area (Å²) in [5, 5.41) is 0.553. The molecule has 0 spiro atoms. The van der Waals surface area contributed by atoms with E-state index in [2.05, 4.69) is 0 Å². The summed E-state index contributed by atoms with van der Waals surface area (Å²) in [5.74, 6) is -0.449. The highest BCUT2D eigenvalue weighted by Gasteiger charge is 2.36. The summed E-state index contributed by atoms with van der Waals surface area (Å²) in [6.45, 7) is 0.810. The maximum atomic E-state index is 11.6. The fourth-order valence-electron chi connectivity index (χ4n) is 1.79. The third kappa shape index (κ3) is 2.60. The second-order valence-electron chi connectivity index (χ2n) is 3.63. The number of ether oxygens (including phenoxy) is 3. The molecule has 0 amide bonds. The third-order valence-electron chi connectivity index (χ3n) is 2.60. The molecule has 1 heterocycles. The Hall–Kier alpha value is -1.10. The van der Waals surface area contributed by atoms with E-state index in [-0.39, 0.29) is 0 Å². The Bertz CT molecular complexity index is 407. The highest BCUT2D eigenvalue weighted by molar-refractivity contribution is 6.31. The van der Waals surface area contributed by atoms with Gasteiger partial charge >= 0.3 is 5.97 Å². The predicted molar refractivity (Wildman–Crippen MR) is 61.9 cm³/mol. The molecule has 0 aromatic heterocycles. The molecular weight excluding hydrogens is 244 g/mol. The van der Waals surface area contributed by atoms with E-state index < -0.39 is 18.2 Å². The maximum absolute atomic E-state index is 11.6. The molecule has 0 saturated carbocycles. The fraction of sp³-hybridized carbons (Fsp3) is 0.417. The molecule has 0 aliphatic carbocycles. The highest BCUT2D eigenvalue weighted by Crippen LogP contribution is 2.32. The SMILES string of the molecule is COC(=O)C1OCCOC1c1ccccc1Cl. The van der Waals surface area contributed by atoms with Crippen molar-refractivity contribution < 1.29 is 19.0 Å². The van der Waals surface area contributed by atoms with Crippen LogP contribution in [0.25, 0.3) is 0 Å². The number of methoxy groups -OCH3 is 1. The molecule has 0 N–H and O–H groups in total. The standard InChI is InChI=1S/C12H13ClO4/c1-15-12(14)11-10(16-6-7-17-11)8-4-2-3-5-9(8)13/h2-5,10-11H,6-7H2,1H3. The lowest BCUT2D eigenvalue weighted by molar-refractivity contribution is -0.184. The molecule has 2 atom stereocenters. The summed E-state index contributed by atoms with van der Waals surface area (Å²) in [5.41, 5.74) is 0.740. The lowest BCUT2D eigenvalue weighted by Gasteiger charge is -2.30. The average molecular weight is 257 g/mol. The van der Waals surface area contributed by atoms with E-state index in [9.17, 15) is 4.79 Å². The van der Waals surface area contributed by atoms with Crippen LogP contribution in [0.2, 0.25) is 5.02 Å². The zero-order valence-corrected chi connectivity index (χ0v) is 10.1. The van der Waals surface area contributed by atoms with Gasteiger partial charge in [0.1, 0.15) is 6.10 Å². The van der Waals surface area contributed by atoms with E-state index in [1.165, 1.54) is 7.11 Å². The normalized spacial score (nSPS) is 24.4. The van der Waals surface area contributed by atoms with Crippen LogP contribution in [-0.4, -0.2) is 32.4 Å². The van der Waals surface area contributed by atoms with Crippen molar-refractivity contribution in [3.05, 3.63) is 34.9 Å². The number of rotatable bonds is 2. The minimum atomic E-state index is -0.756. The minimum absolute atomic E-state index is 0.376. The van der Waals surface area contributed by atoms with Crippen LogP contribution in [0.3, 0.4) is 0 Å². The third-order valence-corrected chi connectivity index (χ3v) is 2.94. The van der Waals surface area contributed by atoms with Gasteiger partial charge in [-0.05, 0) is 6.07 Å². The lowest BCUT2D eigenvalue weighted by Crippen LogP contribution is -2.39. The van der Waals surface area contributed by atoms with E-state index >= 15 is 0 Å². The van der Waals surface area contributed by atoms with Crippen molar-refractivity contribution in [3.63, 3.8) is 0 Å². The Morgan fingerprint density at radius 3 is 2.76 bits per heavy atom. The number of carbonyl (C=O) groups is 1. The largest absolute Gasteiger partial charge is 0.467 e. The van der Waals surface area contributed by atoms with Crippen molar-refractivity contribution >= 4 is 17.6 Å². The van der Waals surface area contributed by atoms with E-state index in [0.717, 1.165) is 5.56 Å². The van der Waals surface area contributed by atoms with Crippen molar-refractivity contribution in [2.45, 2.75) is 12.2 Å². The average Bonchev–Trinajstić information content (AvgIpc) is 2.38. The molecule has 2 rings (SSSR count). The first-order chi connectivity index (χ1) is 8.24. The zero-order valence-electron chi connectivity index (χ0n) is 9.39. The van der Waals surface area contributed by atoms with Gasteiger partial charge in [0.25, 0.3) is 0 Å². The van der Waals surface area contributed by atoms with Crippen LogP contribution in [0.5, 0.6) is 0 Å². The van der Waals surface area contributed by atoms with Crippen LogP contribution >= 0.6 is 11.6 Å². The second kappa shape index (κ2) is 5.49. The molecule has 1 fully saturated rings. The van der Waals surface area contributed by atoms with Gasteiger partial charge < -0.3 is 14.2 Å². The Morgan fingerprint density at radius 1 is 1.35 bits per heavy atom. The Kier molecular flexibility index (Phi) is 3.99. The maximum Gasteiger partial charge on any atom is 0.338 e. The summed E-state index contributed by atoms with van der Waals surface area (Å²) in [6.07, 6.45) is -1.27. The second-order valence-corrected chi connectivity index (χ2v) is 4.03. The first-order valence-electron chi connectivity index (χ1n) is 5.29. The topological polar surface area (TPSA) is 44.8 Å². The molecule has 1 aliphatic rings. The van der Waals surface area contributed by atoms with Gasteiger partial charge in [0.2, 0.25) is 0 Å². The monoisotopic (exact) mass is 256 g/mol. The van der Waals surface area contributed by atoms with Gasteiger partial charge in [-0.15, -0.1) is 0 Å². The molecule has 0 bridgehead atoms. The lowest BCUT2D eigenvalue weighted by atomic mass is 10.0. The van der Waals surface area contributed by atoms with Crippen LogP contribution in [0.4, 0.5) is 0 Å². The van der Waals surface area contributed by atoms with Crippen molar-refractivity contribution in [3.8, 4) is 0 Å². The Balaban J connectivity index is 2.28. The van der Waals surface area contributed by atoms with Crippen LogP contribution in [0.15, 0.2) is 24.3 Å². The molecule has 2 unspecified atom stereocenters. The molecule has 1 aromatic rings. The molecule has 4 nitrogen and oxygen atoms in total. The Morgan fingerprint density at radius 2 is 2.06 bits per heavy atom. The first kappa shape index (κ1) is 12.4. The minimum Gasteiger partial charge on any atom is -0.467 e. The van der Waals surface area contributed by atoms with E-state index in [1.807, 2.05) is 18.2 Å². The van der Waals surface area contributed by atoms with E-state index in [0.29, 0.717) is 18.2 Å². The van der Waals surface area contributed by atoms with Gasteiger partial charge in [0.15, 0.2) is 6.10 Å². The van der Waals surface area contributed by atoms with Crippen LogP contribution < -0.4 is 0 Å². The number of carbonyl (C=O) groups excluding carboxylic acids is 1. The van der Waals surface area contributed by atoms with Gasteiger partial charge in [-0.2, -0.15) is 0 Å². The molecular formula is C12H13ClO4. The molecule has 17 heavy (non-hydrogen) atoms. The summed E-state index contributed by atoms with van der Waals surface area (Å²) in [4.78, 5) is 11.6. The molecule has 0 radical (unpaired) electrons. The number of hydrogen-bond acceptors (Lipinski definition) is 4. The zero-order chi connectivity index (χ0) is 12.3. The number of hydrogen-bond donors (Lipinski definition) is 0. The summed E-state index contributed by atoms with van der Waals surface area (Å²) < 4.78 is 15.7. The highest BCUT2D eigenvalue weighted by atomic mass is 35.5. The van der Waals surface area contributed by atoms with Crippen LogP contribution in [0, 0.1) is 0 Å². The van der Waals surface area contributed by atoms with Gasteiger partial charge in [-0.25, -0.2) is 4.79 Å². The number of halogens is 1. The van der Waals surface area contributed by atoms with Crippen molar-refractivity contribution in [1.82, 2.24) is 0 Å². The van der Waals surface area contributed by atoms with E-state index in [4.69, 9.17) is 25.8 Å². The summed E-state index contributed by atoms with van der Waals surface area (Å²) in [6, 6.07) is 7.23. The fourth-order valence-corrected chi connectivity index (χ4v) is 2.03. The van der Waals surface area contributed by atoms with Gasteiger partial charge in [0, 0.05) is 10.6 Å². The van der Waals surface area contributed by atoms with Crippen LogP contribution in [0.1, 0.15) is 11.7 Å².